The van der Waals surface area contributed by atoms with Gasteiger partial charge in [-0.1, -0.05) is 32.9 Å². The van der Waals surface area contributed by atoms with Crippen LogP contribution in [0.3, 0.4) is 0 Å². The minimum atomic E-state index is -0.323. The Bertz CT molecular complexity index is 1030. The highest BCUT2D eigenvalue weighted by molar-refractivity contribution is 5.88. The molecule has 4 aliphatic heterocycles. The highest BCUT2D eigenvalue weighted by Crippen LogP contribution is 2.77. The predicted molar refractivity (Wildman–Crippen MR) is 132 cm³/mol. The molecule has 3 aliphatic carbocycles. The Labute approximate surface area is 210 Å². The molecular formula is C30H42O5. The van der Waals surface area contributed by atoms with Crippen LogP contribution in [0.15, 0.2) is 23.3 Å². The van der Waals surface area contributed by atoms with E-state index < -0.39 is 0 Å². The molecule has 35 heavy (non-hydrogen) atoms. The van der Waals surface area contributed by atoms with Crippen molar-refractivity contribution in [1.29, 1.82) is 0 Å². The first-order valence-electron chi connectivity index (χ1n) is 13.8. The fraction of sp³-hybridized carbons (Fsp3) is 0.800. The van der Waals surface area contributed by atoms with Crippen LogP contribution in [0.4, 0.5) is 0 Å². The van der Waals surface area contributed by atoms with Crippen LogP contribution in [-0.2, 0) is 23.8 Å². The van der Waals surface area contributed by atoms with Crippen LogP contribution >= 0.6 is 0 Å². The van der Waals surface area contributed by atoms with E-state index in [1.165, 1.54) is 5.57 Å². The largest absolute Gasteiger partial charge is 0.465 e. The molecule has 0 aromatic heterocycles. The lowest BCUT2D eigenvalue weighted by Gasteiger charge is -2.73. The second kappa shape index (κ2) is 7.24. The average molecular weight is 483 g/mol. The summed E-state index contributed by atoms with van der Waals surface area (Å²) in [7, 11) is 0. The van der Waals surface area contributed by atoms with Crippen LogP contribution in [0, 0.1) is 34.0 Å². The maximum absolute atomic E-state index is 12.4. The third-order valence-electron chi connectivity index (χ3n) is 12.1. The van der Waals surface area contributed by atoms with Gasteiger partial charge in [0.15, 0.2) is 0 Å². The van der Waals surface area contributed by atoms with E-state index >= 15 is 0 Å². The van der Waals surface area contributed by atoms with Gasteiger partial charge in [0.25, 0.3) is 0 Å². The van der Waals surface area contributed by atoms with Gasteiger partial charge in [-0.2, -0.15) is 0 Å². The van der Waals surface area contributed by atoms with Crippen LogP contribution < -0.4 is 0 Å². The van der Waals surface area contributed by atoms with Crippen molar-refractivity contribution in [2.75, 3.05) is 6.61 Å². The van der Waals surface area contributed by atoms with Gasteiger partial charge >= 0.3 is 11.9 Å². The number of fused-ring (bicyclic) bond motifs is 3. The van der Waals surface area contributed by atoms with E-state index in [1.807, 2.05) is 6.92 Å². The van der Waals surface area contributed by atoms with Gasteiger partial charge in [-0.05, 0) is 82.1 Å². The summed E-state index contributed by atoms with van der Waals surface area (Å²) in [5.74, 6) is 0.901. The molecule has 2 bridgehead atoms. The molecule has 7 aliphatic rings. The lowest BCUT2D eigenvalue weighted by molar-refractivity contribution is -0.312. The lowest BCUT2D eigenvalue weighted by atomic mass is 9.39. The van der Waals surface area contributed by atoms with Crippen LogP contribution in [0.25, 0.3) is 0 Å². The van der Waals surface area contributed by atoms with Gasteiger partial charge in [-0.15, -0.1) is 0 Å². The summed E-state index contributed by atoms with van der Waals surface area (Å²) in [5.41, 5.74) is 1.53. The topological polar surface area (TPSA) is 61.8 Å². The zero-order valence-corrected chi connectivity index (χ0v) is 22.4. The van der Waals surface area contributed by atoms with Crippen molar-refractivity contribution in [2.24, 2.45) is 34.0 Å². The summed E-state index contributed by atoms with van der Waals surface area (Å²) in [4.78, 5) is 24.5. The first-order chi connectivity index (χ1) is 16.4. The zero-order valence-electron chi connectivity index (χ0n) is 22.4. The van der Waals surface area contributed by atoms with E-state index in [0.717, 1.165) is 50.5 Å². The smallest absolute Gasteiger partial charge is 0.333 e. The van der Waals surface area contributed by atoms with Gasteiger partial charge in [-0.3, -0.25) is 4.79 Å². The Balaban J connectivity index is 1.42. The number of allylic oxidation sites excluding steroid dienone is 1. The summed E-state index contributed by atoms with van der Waals surface area (Å²) in [5, 5.41) is 0. The number of hydrogen-bond donors (Lipinski definition) is 0. The number of carbonyl (C=O) groups is 2. The molecule has 8 unspecified atom stereocenters. The maximum atomic E-state index is 12.4. The Morgan fingerprint density at radius 3 is 2.46 bits per heavy atom. The normalized spacial score (nSPS) is 48.9. The van der Waals surface area contributed by atoms with Gasteiger partial charge in [0.1, 0.15) is 12.7 Å². The molecule has 7 rings (SSSR count). The second-order valence-corrected chi connectivity index (χ2v) is 13.6. The quantitative estimate of drug-likeness (QED) is 0.361. The zero-order chi connectivity index (χ0) is 25.0. The van der Waals surface area contributed by atoms with Crippen LogP contribution in [0.5, 0.6) is 0 Å². The molecule has 0 radical (unpaired) electrons. The number of ether oxygens (including phenoxy) is 3. The van der Waals surface area contributed by atoms with E-state index in [4.69, 9.17) is 14.2 Å². The molecule has 4 heterocycles. The number of esters is 2. The summed E-state index contributed by atoms with van der Waals surface area (Å²) >= 11 is 0. The van der Waals surface area contributed by atoms with Gasteiger partial charge in [0.2, 0.25) is 0 Å². The van der Waals surface area contributed by atoms with Crippen molar-refractivity contribution >= 4 is 11.9 Å². The minimum absolute atomic E-state index is 0.0233. The molecule has 192 valence electrons. The van der Waals surface area contributed by atoms with E-state index in [-0.39, 0.29) is 45.5 Å². The standard InChI is InChI=1S/C30H42O5/c1-18-7-8-21(34-25(18)32)19(2)20-9-14-28(6)27(20,5)13-10-23-29(15-12-24(31)33-17-29)22-11-16-30(23,28)35-26(22,3)4/h7,10,19-22H,8-9,11-17H2,1-6H3. The van der Waals surface area contributed by atoms with Crippen molar-refractivity contribution in [3.8, 4) is 0 Å². The van der Waals surface area contributed by atoms with Gasteiger partial charge in [0, 0.05) is 35.2 Å². The van der Waals surface area contributed by atoms with E-state index in [0.29, 0.717) is 30.8 Å². The van der Waals surface area contributed by atoms with Crippen LogP contribution in [-0.4, -0.2) is 35.9 Å². The second-order valence-electron chi connectivity index (χ2n) is 13.6. The molecular weight excluding hydrogens is 440 g/mol. The van der Waals surface area contributed by atoms with Crippen LogP contribution in [0.2, 0.25) is 0 Å². The molecule has 5 nitrogen and oxygen atoms in total. The molecule has 8 atom stereocenters. The van der Waals surface area contributed by atoms with Gasteiger partial charge in [-0.25, -0.2) is 4.79 Å². The number of cyclic esters (lactones) is 2. The number of hydrogen-bond acceptors (Lipinski definition) is 5. The predicted octanol–water partition coefficient (Wildman–Crippen LogP) is 5.92. The number of carbonyl (C=O) groups excluding carboxylic acids is 2. The van der Waals surface area contributed by atoms with Gasteiger partial charge < -0.3 is 14.2 Å². The van der Waals surface area contributed by atoms with Crippen molar-refractivity contribution in [1.82, 2.24) is 0 Å². The fourth-order valence-electron chi connectivity index (χ4n) is 10.1. The summed E-state index contributed by atoms with van der Waals surface area (Å²) in [6.45, 7) is 14.2. The van der Waals surface area contributed by atoms with Crippen molar-refractivity contribution in [3.63, 3.8) is 0 Å². The minimum Gasteiger partial charge on any atom is -0.465 e. The summed E-state index contributed by atoms with van der Waals surface area (Å²) in [6, 6.07) is 0. The van der Waals surface area contributed by atoms with Gasteiger partial charge in [0.05, 0.1) is 11.2 Å². The maximum Gasteiger partial charge on any atom is 0.333 e. The fourth-order valence-corrected chi connectivity index (χ4v) is 10.1. The molecule has 5 fully saturated rings. The number of rotatable bonds is 2. The van der Waals surface area contributed by atoms with E-state index in [1.54, 1.807) is 0 Å². The Kier molecular flexibility index (Phi) is 4.91. The highest BCUT2D eigenvalue weighted by Gasteiger charge is 2.76. The summed E-state index contributed by atoms with van der Waals surface area (Å²) < 4.78 is 19.0. The van der Waals surface area contributed by atoms with E-state index in [2.05, 4.69) is 46.8 Å². The first kappa shape index (κ1) is 23.8. The Morgan fingerprint density at radius 1 is 1.03 bits per heavy atom. The van der Waals surface area contributed by atoms with Crippen molar-refractivity contribution < 1.29 is 23.8 Å². The van der Waals surface area contributed by atoms with Crippen molar-refractivity contribution in [3.05, 3.63) is 23.3 Å². The molecule has 2 saturated carbocycles. The Morgan fingerprint density at radius 2 is 1.80 bits per heavy atom. The highest BCUT2D eigenvalue weighted by atomic mass is 16.5. The third kappa shape index (κ3) is 2.80. The summed E-state index contributed by atoms with van der Waals surface area (Å²) in [6.07, 6.45) is 12.2. The van der Waals surface area contributed by atoms with Crippen molar-refractivity contribution in [2.45, 2.75) is 110 Å². The average Bonchev–Trinajstić information content (AvgIpc) is 3.09. The lowest BCUT2D eigenvalue weighted by Crippen LogP contribution is -2.74. The molecule has 0 amide bonds. The third-order valence-corrected chi connectivity index (χ3v) is 12.1. The molecule has 2 spiro atoms. The monoisotopic (exact) mass is 482 g/mol. The molecule has 3 saturated heterocycles. The van der Waals surface area contributed by atoms with Crippen LogP contribution in [0.1, 0.15) is 92.9 Å². The molecule has 0 aromatic carbocycles. The molecule has 0 aromatic rings. The Hall–Kier alpha value is -1.62. The molecule has 0 N–H and O–H groups in total. The molecule has 5 heteroatoms. The van der Waals surface area contributed by atoms with E-state index in [9.17, 15) is 9.59 Å². The SMILES string of the molecule is CC1=CCC(C(C)C2CCC3(C)C45CCC(C(C)(C)O4)C4(CCC(=O)OC4)C5=CCC23C)OC1=O. The first-order valence-corrected chi connectivity index (χ1v) is 13.8.